The molecular weight excluding hydrogens is 310 g/mol. The Balaban J connectivity index is 1.63. The number of hydrogen-bond donors (Lipinski definition) is 2. The minimum Gasteiger partial charge on any atom is -0.352 e. The summed E-state index contributed by atoms with van der Waals surface area (Å²) in [6, 6.07) is 11.4. The Morgan fingerprint density at radius 1 is 1.28 bits per heavy atom. The molecule has 5 heteroatoms. The Kier molecular flexibility index (Phi) is 5.53. The summed E-state index contributed by atoms with van der Waals surface area (Å²) in [5.74, 6) is 1.45. The fourth-order valence-corrected chi connectivity index (χ4v) is 3.47. The van der Waals surface area contributed by atoms with Gasteiger partial charge in [0, 0.05) is 43.8 Å². The molecule has 0 amide bonds. The fraction of sp³-hybridized carbons (Fsp3) is 0.500. The van der Waals surface area contributed by atoms with Crippen molar-refractivity contribution in [1.82, 2.24) is 20.5 Å². The zero-order chi connectivity index (χ0) is 17.8. The van der Waals surface area contributed by atoms with Crippen LogP contribution in [0.2, 0.25) is 0 Å². The van der Waals surface area contributed by atoms with Gasteiger partial charge in [-0.05, 0) is 31.2 Å². The van der Waals surface area contributed by atoms with E-state index in [1.165, 1.54) is 10.8 Å². The minimum absolute atomic E-state index is 0.425. The van der Waals surface area contributed by atoms with Gasteiger partial charge in [0.1, 0.15) is 0 Å². The molecule has 0 spiro atoms. The molecule has 0 aliphatic carbocycles. The molecule has 1 aromatic heterocycles. The number of guanidine groups is 1. The van der Waals surface area contributed by atoms with Crippen molar-refractivity contribution in [2.24, 2.45) is 10.9 Å². The van der Waals surface area contributed by atoms with Crippen molar-refractivity contribution in [3.05, 3.63) is 42.2 Å². The van der Waals surface area contributed by atoms with Gasteiger partial charge in [-0.2, -0.15) is 0 Å². The standard InChI is InChI=1S/C20H29N5/c1-14(2)25-12-15(3)19(13-25)24-20(21-4)23-11-18-17-8-6-5-7-16(17)9-10-22-18/h5-10,14-15,19H,11-13H2,1-4H3,(H2,21,23,24). The summed E-state index contributed by atoms with van der Waals surface area (Å²) in [6.07, 6.45) is 1.87. The number of hydrogen-bond acceptors (Lipinski definition) is 3. The molecule has 1 aromatic carbocycles. The lowest BCUT2D eigenvalue weighted by atomic mass is 10.1. The molecule has 2 atom stereocenters. The van der Waals surface area contributed by atoms with E-state index >= 15 is 0 Å². The lowest BCUT2D eigenvalue weighted by Crippen LogP contribution is -2.46. The van der Waals surface area contributed by atoms with Crippen molar-refractivity contribution in [2.45, 2.75) is 39.4 Å². The van der Waals surface area contributed by atoms with Crippen LogP contribution < -0.4 is 10.6 Å². The highest BCUT2D eigenvalue weighted by molar-refractivity contribution is 5.85. The van der Waals surface area contributed by atoms with E-state index in [-0.39, 0.29) is 0 Å². The normalized spacial score (nSPS) is 21.9. The molecule has 2 aromatic rings. The van der Waals surface area contributed by atoms with E-state index in [0.29, 0.717) is 24.5 Å². The van der Waals surface area contributed by atoms with Crippen molar-refractivity contribution >= 4 is 16.7 Å². The molecule has 134 valence electrons. The van der Waals surface area contributed by atoms with Crippen molar-refractivity contribution < 1.29 is 0 Å². The third-order valence-corrected chi connectivity index (χ3v) is 5.10. The number of nitrogens with one attached hydrogen (secondary N) is 2. The summed E-state index contributed by atoms with van der Waals surface area (Å²) in [5, 5.41) is 9.42. The number of rotatable bonds is 4. The number of benzene rings is 1. The van der Waals surface area contributed by atoms with Gasteiger partial charge in [0.25, 0.3) is 0 Å². The van der Waals surface area contributed by atoms with Gasteiger partial charge in [-0.3, -0.25) is 14.9 Å². The molecule has 0 saturated carbocycles. The average molecular weight is 339 g/mol. The highest BCUT2D eigenvalue weighted by Crippen LogP contribution is 2.19. The van der Waals surface area contributed by atoms with E-state index < -0.39 is 0 Å². The molecule has 1 saturated heterocycles. The molecule has 2 N–H and O–H groups in total. The summed E-state index contributed by atoms with van der Waals surface area (Å²) < 4.78 is 0. The fourth-order valence-electron chi connectivity index (χ4n) is 3.47. The molecule has 2 heterocycles. The second-order valence-electron chi connectivity index (χ2n) is 7.18. The molecule has 3 rings (SSSR count). The maximum absolute atomic E-state index is 4.54. The Bertz CT molecular complexity index is 734. The zero-order valence-electron chi connectivity index (χ0n) is 15.7. The first-order chi connectivity index (χ1) is 12.1. The van der Waals surface area contributed by atoms with Crippen LogP contribution >= 0.6 is 0 Å². The first-order valence-corrected chi connectivity index (χ1v) is 9.12. The summed E-state index contributed by atoms with van der Waals surface area (Å²) in [5.41, 5.74) is 1.05. The van der Waals surface area contributed by atoms with E-state index in [1.54, 1.807) is 0 Å². The molecule has 1 aliphatic heterocycles. The van der Waals surface area contributed by atoms with Gasteiger partial charge < -0.3 is 10.6 Å². The third-order valence-electron chi connectivity index (χ3n) is 5.10. The van der Waals surface area contributed by atoms with E-state index in [1.807, 2.05) is 19.3 Å². The van der Waals surface area contributed by atoms with Crippen LogP contribution in [0.15, 0.2) is 41.5 Å². The van der Waals surface area contributed by atoms with Gasteiger partial charge in [-0.15, -0.1) is 0 Å². The maximum Gasteiger partial charge on any atom is 0.191 e. The Morgan fingerprint density at radius 3 is 2.80 bits per heavy atom. The van der Waals surface area contributed by atoms with Gasteiger partial charge >= 0.3 is 0 Å². The number of likely N-dealkylation sites (tertiary alicyclic amines) is 1. The Hall–Kier alpha value is -2.14. The quantitative estimate of drug-likeness (QED) is 0.664. The Morgan fingerprint density at radius 2 is 2.08 bits per heavy atom. The molecule has 1 aliphatic rings. The zero-order valence-corrected chi connectivity index (χ0v) is 15.7. The van der Waals surface area contributed by atoms with Crippen molar-refractivity contribution in [3.63, 3.8) is 0 Å². The van der Waals surface area contributed by atoms with Crippen molar-refractivity contribution in [3.8, 4) is 0 Å². The summed E-state index contributed by atoms with van der Waals surface area (Å²) >= 11 is 0. The monoisotopic (exact) mass is 339 g/mol. The van der Waals surface area contributed by atoms with Crippen molar-refractivity contribution in [1.29, 1.82) is 0 Å². The molecule has 2 unspecified atom stereocenters. The summed E-state index contributed by atoms with van der Waals surface area (Å²) in [6.45, 7) is 9.68. The second-order valence-corrected chi connectivity index (χ2v) is 7.18. The van der Waals surface area contributed by atoms with Crippen LogP contribution in [-0.4, -0.2) is 48.1 Å². The third kappa shape index (κ3) is 4.10. The van der Waals surface area contributed by atoms with Gasteiger partial charge in [-0.1, -0.05) is 31.2 Å². The van der Waals surface area contributed by atoms with Gasteiger partial charge in [-0.25, -0.2) is 0 Å². The topological polar surface area (TPSA) is 52.6 Å². The summed E-state index contributed by atoms with van der Waals surface area (Å²) in [7, 11) is 1.83. The molecular formula is C20H29N5. The largest absolute Gasteiger partial charge is 0.352 e. The predicted octanol–water partition coefficient (Wildman–Crippen LogP) is 2.63. The maximum atomic E-state index is 4.54. The average Bonchev–Trinajstić information content (AvgIpc) is 2.99. The van der Waals surface area contributed by atoms with Gasteiger partial charge in [0.2, 0.25) is 0 Å². The highest BCUT2D eigenvalue weighted by Gasteiger charge is 2.31. The van der Waals surface area contributed by atoms with E-state index in [9.17, 15) is 0 Å². The van der Waals surface area contributed by atoms with Crippen LogP contribution in [-0.2, 0) is 6.54 Å². The number of aromatic nitrogens is 1. The van der Waals surface area contributed by atoms with Crippen LogP contribution in [0.25, 0.3) is 10.8 Å². The van der Waals surface area contributed by atoms with Gasteiger partial charge in [0.05, 0.1) is 12.2 Å². The number of pyridine rings is 1. The number of fused-ring (bicyclic) bond motifs is 1. The van der Waals surface area contributed by atoms with Crippen LogP contribution in [0.4, 0.5) is 0 Å². The molecule has 25 heavy (non-hydrogen) atoms. The second kappa shape index (κ2) is 7.83. The lowest BCUT2D eigenvalue weighted by Gasteiger charge is -2.22. The first kappa shape index (κ1) is 17.7. The van der Waals surface area contributed by atoms with Crippen LogP contribution in [0.3, 0.4) is 0 Å². The van der Waals surface area contributed by atoms with E-state index in [0.717, 1.165) is 24.7 Å². The predicted molar refractivity (Wildman–Crippen MR) is 105 cm³/mol. The number of nitrogens with zero attached hydrogens (tertiary/aromatic N) is 3. The van der Waals surface area contributed by atoms with Crippen molar-refractivity contribution in [2.75, 3.05) is 20.1 Å². The van der Waals surface area contributed by atoms with Crippen LogP contribution in [0.1, 0.15) is 26.5 Å². The lowest BCUT2D eigenvalue weighted by molar-refractivity contribution is 0.265. The van der Waals surface area contributed by atoms with Gasteiger partial charge in [0.15, 0.2) is 5.96 Å². The molecule has 5 nitrogen and oxygen atoms in total. The highest BCUT2D eigenvalue weighted by atomic mass is 15.3. The Labute approximate surface area is 150 Å². The van der Waals surface area contributed by atoms with E-state index in [4.69, 9.17) is 0 Å². The summed E-state index contributed by atoms with van der Waals surface area (Å²) in [4.78, 5) is 11.5. The molecule has 0 radical (unpaired) electrons. The molecule has 1 fully saturated rings. The smallest absolute Gasteiger partial charge is 0.191 e. The number of aliphatic imine (C=N–C) groups is 1. The van der Waals surface area contributed by atoms with Crippen LogP contribution in [0, 0.1) is 5.92 Å². The SMILES string of the molecule is CN=C(NCc1nccc2ccccc12)NC1CN(C(C)C)CC1C. The van der Waals surface area contributed by atoms with E-state index in [2.05, 4.69) is 70.5 Å². The first-order valence-electron chi connectivity index (χ1n) is 9.12. The minimum atomic E-state index is 0.425. The molecule has 0 bridgehead atoms. The van der Waals surface area contributed by atoms with Crippen LogP contribution in [0.5, 0.6) is 0 Å².